The van der Waals surface area contributed by atoms with E-state index in [4.69, 9.17) is 44.8 Å². The third-order valence-corrected chi connectivity index (χ3v) is 15.3. The Balaban J connectivity index is 1.43. The number of halogens is 2. The summed E-state index contributed by atoms with van der Waals surface area (Å²) in [6.45, 7) is 15.4. The number of imide groups is 1. The van der Waals surface area contributed by atoms with Crippen molar-refractivity contribution in [3.8, 4) is 0 Å². The molecular formula is C47H69ClFN3O13. The maximum atomic E-state index is 15.0. The molecule has 1 aromatic carbocycles. The van der Waals surface area contributed by atoms with Crippen molar-refractivity contribution in [2.45, 2.75) is 179 Å². The number of carbonyl (C=O) groups is 5. The molecule has 3 amide bonds. The molecule has 0 bridgehead atoms. The molecule has 5 aliphatic rings. The fraction of sp³-hybridized carbons (Fsp3) is 0.766. The van der Waals surface area contributed by atoms with Crippen LogP contribution in [-0.2, 0) is 49.2 Å². The Hall–Kier alpha value is -3.61. The predicted octanol–water partition coefficient (Wildman–Crippen LogP) is 6.93. The summed E-state index contributed by atoms with van der Waals surface area (Å²) in [5.74, 6) is -5.49. The highest BCUT2D eigenvalue weighted by Crippen LogP contribution is 2.44. The minimum absolute atomic E-state index is 0.0317. The molecule has 16 nitrogen and oxygen atoms in total. The largest absolute Gasteiger partial charge is 0.458 e. The van der Waals surface area contributed by atoms with E-state index in [9.17, 15) is 33.5 Å². The number of hydrogen-bond acceptors (Lipinski definition) is 14. The Morgan fingerprint density at radius 3 is 2.32 bits per heavy atom. The first kappa shape index (κ1) is 50.8. The highest BCUT2D eigenvalue weighted by atomic mass is 35.5. The number of aliphatic hydroxyl groups excluding tert-OH is 1. The van der Waals surface area contributed by atoms with Gasteiger partial charge in [0.15, 0.2) is 11.9 Å². The van der Waals surface area contributed by atoms with E-state index in [0.29, 0.717) is 18.0 Å². The van der Waals surface area contributed by atoms with Crippen molar-refractivity contribution in [1.29, 1.82) is 0 Å². The van der Waals surface area contributed by atoms with Gasteiger partial charge in [-0.3, -0.25) is 19.4 Å². The first-order valence-electron chi connectivity index (χ1n) is 23.2. The van der Waals surface area contributed by atoms with E-state index in [2.05, 4.69) is 4.90 Å². The van der Waals surface area contributed by atoms with Crippen molar-refractivity contribution in [2.24, 2.45) is 23.7 Å². The van der Waals surface area contributed by atoms with E-state index in [1.165, 1.54) is 31.1 Å². The zero-order valence-corrected chi connectivity index (χ0v) is 40.4. The van der Waals surface area contributed by atoms with Gasteiger partial charge in [0.05, 0.1) is 40.8 Å². The van der Waals surface area contributed by atoms with Crippen molar-refractivity contribution >= 4 is 41.6 Å². The number of cyclic esters (lactones) is 2. The SMILES string of the molecule is CCC1OC(=O)C(C)C(OC(=O)N2C(=O)OCC2C)C(C)C(OC2OC(C)CC(N(C)C3CCC3)C2O)C(C)(OC)CC(C)C(=O)C(C)C2N(CCc3ccc(F)c(Cl)c3)C(=O)OC12C. The second kappa shape index (κ2) is 20.3. The van der Waals surface area contributed by atoms with Gasteiger partial charge >= 0.3 is 24.2 Å². The number of rotatable bonds is 10. The number of ketones is 1. The van der Waals surface area contributed by atoms with Gasteiger partial charge in [-0.1, -0.05) is 51.8 Å². The summed E-state index contributed by atoms with van der Waals surface area (Å²) < 4.78 is 57.6. The number of ether oxygens (including phenoxy) is 7. The summed E-state index contributed by atoms with van der Waals surface area (Å²) in [4.78, 5) is 75.1. The second-order valence-corrected chi connectivity index (χ2v) is 20.0. The standard InChI is InChI=1S/C47H69ClFN3O13/c1-12-35-47(9)39(51(43(56)65-47)19-18-30-16-17-33(49)32(48)21-30)27(5)36(53)24(2)22-46(8,59-11)40(64-42-37(54)34(20-26(4)61-42)50(10)31-14-13-15-31)28(6)38(29(7)41(55)62-35)63-45(58)52-25(3)23-60-44(52)57/h16-17,21,24-29,31,34-35,37-40,42,54H,12-15,18-20,22-23H2,1-11H3. The van der Waals surface area contributed by atoms with E-state index >= 15 is 0 Å². The van der Waals surface area contributed by atoms with Crippen LogP contribution in [0.3, 0.4) is 0 Å². The summed E-state index contributed by atoms with van der Waals surface area (Å²) in [6, 6.07) is 2.65. The molecule has 1 aliphatic carbocycles. The number of nitrogens with zero attached hydrogens (tertiary/aromatic N) is 3. The molecule has 1 aromatic rings. The number of amides is 3. The summed E-state index contributed by atoms with van der Waals surface area (Å²) in [7, 11) is 3.46. The van der Waals surface area contributed by atoms with Gasteiger partial charge in [-0.25, -0.2) is 23.7 Å². The Bertz CT molecular complexity index is 1930. The van der Waals surface area contributed by atoms with Gasteiger partial charge in [-0.2, -0.15) is 0 Å². The number of esters is 1. The summed E-state index contributed by atoms with van der Waals surface area (Å²) in [5.41, 5.74) is -2.31. The molecule has 0 radical (unpaired) electrons. The summed E-state index contributed by atoms with van der Waals surface area (Å²) in [6.07, 6.45) is -4.86. The Kier molecular flexibility index (Phi) is 15.9. The lowest BCUT2D eigenvalue weighted by Gasteiger charge is -2.50. The first-order chi connectivity index (χ1) is 30.6. The van der Waals surface area contributed by atoms with Gasteiger partial charge in [-0.05, 0) is 97.9 Å². The molecule has 4 aliphatic heterocycles. The molecule has 18 heteroatoms. The number of aliphatic hydroxyl groups is 1. The second-order valence-electron chi connectivity index (χ2n) is 19.5. The average molecular weight is 939 g/mol. The smallest absolute Gasteiger partial charge is 0.419 e. The molecule has 15 atom stereocenters. The predicted molar refractivity (Wildman–Crippen MR) is 234 cm³/mol. The number of Topliss-reactive ketones (excluding diaryl/α,β-unsaturated/α-hetero) is 1. The zero-order valence-electron chi connectivity index (χ0n) is 39.6. The van der Waals surface area contributed by atoms with Crippen LogP contribution in [0.5, 0.6) is 0 Å². The van der Waals surface area contributed by atoms with Gasteiger partial charge < -0.3 is 38.3 Å². The minimum Gasteiger partial charge on any atom is -0.458 e. The lowest BCUT2D eigenvalue weighted by Crippen LogP contribution is -2.62. The summed E-state index contributed by atoms with van der Waals surface area (Å²) >= 11 is 6.10. The number of methoxy groups -OCH3 is 1. The highest BCUT2D eigenvalue weighted by Gasteiger charge is 2.61. The molecular weight excluding hydrogens is 869 g/mol. The van der Waals surface area contributed by atoms with Crippen LogP contribution in [0, 0.1) is 29.5 Å². The molecule has 0 aromatic heterocycles. The van der Waals surface area contributed by atoms with Crippen molar-refractivity contribution in [2.75, 3.05) is 27.3 Å². The molecule has 15 unspecified atom stereocenters. The number of benzene rings is 1. The van der Waals surface area contributed by atoms with Gasteiger partial charge in [0, 0.05) is 43.5 Å². The number of fused-ring (bicyclic) bond motifs is 1. The van der Waals surface area contributed by atoms with Crippen molar-refractivity contribution in [1.82, 2.24) is 14.7 Å². The number of likely N-dealkylation sites (N-methyl/N-ethyl adjacent to an activating group) is 1. The zero-order chi connectivity index (χ0) is 47.9. The lowest BCUT2D eigenvalue weighted by molar-refractivity contribution is -0.303. The van der Waals surface area contributed by atoms with Crippen LogP contribution in [-0.4, -0.2) is 149 Å². The third kappa shape index (κ3) is 10.2. The van der Waals surface area contributed by atoms with Crippen LogP contribution >= 0.6 is 11.6 Å². The third-order valence-electron chi connectivity index (χ3n) is 15.0. The quantitative estimate of drug-likeness (QED) is 0.189. The monoisotopic (exact) mass is 937 g/mol. The Morgan fingerprint density at radius 1 is 1.05 bits per heavy atom. The van der Waals surface area contributed by atoms with Gasteiger partial charge in [0.2, 0.25) is 0 Å². The van der Waals surface area contributed by atoms with E-state index in [1.54, 1.807) is 54.5 Å². The van der Waals surface area contributed by atoms with Gasteiger partial charge in [0.1, 0.15) is 36.5 Å². The normalized spacial score (nSPS) is 38.7. The van der Waals surface area contributed by atoms with Crippen molar-refractivity contribution < 1.29 is 66.6 Å². The van der Waals surface area contributed by atoms with Crippen LogP contribution in [0.15, 0.2) is 18.2 Å². The lowest BCUT2D eigenvalue weighted by atomic mass is 9.73. The molecule has 6 rings (SSSR count). The van der Waals surface area contributed by atoms with E-state index in [-0.39, 0.29) is 55.4 Å². The van der Waals surface area contributed by atoms with Crippen LogP contribution in [0.2, 0.25) is 5.02 Å². The van der Waals surface area contributed by atoms with Crippen LogP contribution < -0.4 is 0 Å². The topological polar surface area (TPSA) is 180 Å². The molecule has 1 saturated carbocycles. The molecule has 1 N–H and O–H groups in total. The fourth-order valence-electron chi connectivity index (χ4n) is 10.9. The van der Waals surface area contributed by atoms with Crippen LogP contribution in [0.1, 0.15) is 106 Å². The number of hydrogen-bond donors (Lipinski definition) is 1. The van der Waals surface area contributed by atoms with E-state index in [0.717, 1.165) is 24.2 Å². The molecule has 0 spiro atoms. The van der Waals surface area contributed by atoms with Gasteiger partial charge in [0.25, 0.3) is 0 Å². The highest BCUT2D eigenvalue weighted by molar-refractivity contribution is 6.30. The molecule has 364 valence electrons. The molecule has 5 fully saturated rings. The van der Waals surface area contributed by atoms with Crippen LogP contribution in [0.4, 0.5) is 18.8 Å². The van der Waals surface area contributed by atoms with Crippen molar-refractivity contribution in [3.05, 3.63) is 34.6 Å². The maximum Gasteiger partial charge on any atom is 0.419 e. The van der Waals surface area contributed by atoms with E-state index in [1.807, 2.05) is 14.0 Å². The molecule has 4 saturated heterocycles. The van der Waals surface area contributed by atoms with Crippen molar-refractivity contribution in [3.63, 3.8) is 0 Å². The Labute approximate surface area is 387 Å². The minimum atomic E-state index is -1.56. The van der Waals surface area contributed by atoms with Crippen LogP contribution in [0.25, 0.3) is 0 Å². The fourth-order valence-corrected chi connectivity index (χ4v) is 11.1. The number of carbonyl (C=O) groups excluding carboxylic acids is 5. The van der Waals surface area contributed by atoms with Gasteiger partial charge in [-0.15, -0.1) is 0 Å². The molecule has 65 heavy (non-hydrogen) atoms. The Morgan fingerprint density at radius 2 is 1.74 bits per heavy atom. The maximum absolute atomic E-state index is 15.0. The average Bonchev–Trinajstić information content (AvgIpc) is 3.72. The molecule has 4 heterocycles. The van der Waals surface area contributed by atoms with E-state index < -0.39 is 108 Å². The first-order valence-corrected chi connectivity index (χ1v) is 23.5. The summed E-state index contributed by atoms with van der Waals surface area (Å²) in [5, 5.41) is 12.0.